The summed E-state index contributed by atoms with van der Waals surface area (Å²) < 4.78 is 0. The number of carbonyl (C=O) groups is 1. The van der Waals surface area contributed by atoms with Crippen LogP contribution < -0.4 is 11.1 Å². The van der Waals surface area contributed by atoms with Gasteiger partial charge in [-0.25, -0.2) is 4.98 Å². The molecule has 1 amide bonds. The van der Waals surface area contributed by atoms with E-state index in [4.69, 9.17) is 5.73 Å². The molecule has 2 rings (SSSR count). The lowest BCUT2D eigenvalue weighted by atomic mass is 9.96. The summed E-state index contributed by atoms with van der Waals surface area (Å²) in [5, 5.41) is 5.96. The molecule has 1 aromatic carbocycles. The van der Waals surface area contributed by atoms with Crippen molar-refractivity contribution in [3.63, 3.8) is 0 Å². The van der Waals surface area contributed by atoms with Gasteiger partial charge < -0.3 is 11.1 Å². The standard InChI is InChI=1S/C17H23N3OS.ClH/c1-3-10-17(2,18)16(21)19-11-9-14-12-22-15(20-14)13-7-5-4-6-8-13;/h4-8,12H,3,9-11,18H2,1-2H3,(H,19,21);1H. The van der Waals surface area contributed by atoms with Gasteiger partial charge in [-0.3, -0.25) is 4.79 Å². The molecule has 1 aromatic heterocycles. The number of thiazole rings is 1. The molecule has 126 valence electrons. The minimum Gasteiger partial charge on any atom is -0.354 e. The van der Waals surface area contributed by atoms with E-state index >= 15 is 0 Å². The Balaban J connectivity index is 0.00000264. The zero-order chi connectivity index (χ0) is 16.0. The summed E-state index contributed by atoms with van der Waals surface area (Å²) in [5.41, 5.74) is 7.34. The minimum absolute atomic E-state index is 0. The first-order valence-electron chi connectivity index (χ1n) is 7.60. The van der Waals surface area contributed by atoms with Crippen LogP contribution in [-0.2, 0) is 11.2 Å². The second kappa shape index (κ2) is 9.01. The van der Waals surface area contributed by atoms with E-state index in [1.54, 1.807) is 18.3 Å². The summed E-state index contributed by atoms with van der Waals surface area (Å²) in [4.78, 5) is 16.6. The monoisotopic (exact) mass is 353 g/mol. The van der Waals surface area contributed by atoms with E-state index in [1.807, 2.05) is 30.5 Å². The third-order valence-corrected chi connectivity index (χ3v) is 4.47. The molecule has 6 heteroatoms. The highest BCUT2D eigenvalue weighted by Crippen LogP contribution is 2.23. The summed E-state index contributed by atoms with van der Waals surface area (Å²) in [7, 11) is 0. The van der Waals surface area contributed by atoms with Crippen LogP contribution in [0.3, 0.4) is 0 Å². The van der Waals surface area contributed by atoms with E-state index in [-0.39, 0.29) is 18.3 Å². The van der Waals surface area contributed by atoms with E-state index in [9.17, 15) is 4.79 Å². The normalized spacial score (nSPS) is 13.0. The number of nitrogens with one attached hydrogen (secondary N) is 1. The molecule has 1 heterocycles. The first-order valence-corrected chi connectivity index (χ1v) is 8.48. The van der Waals surface area contributed by atoms with Crippen molar-refractivity contribution in [1.82, 2.24) is 10.3 Å². The predicted octanol–water partition coefficient (Wildman–Crippen LogP) is 3.41. The van der Waals surface area contributed by atoms with Crippen molar-refractivity contribution in [3.05, 3.63) is 41.4 Å². The zero-order valence-corrected chi connectivity index (χ0v) is 15.2. The smallest absolute Gasteiger partial charge is 0.239 e. The molecular formula is C17H24ClN3OS. The molecule has 0 radical (unpaired) electrons. The molecule has 2 aromatic rings. The maximum absolute atomic E-state index is 12.0. The number of amides is 1. The summed E-state index contributed by atoms with van der Waals surface area (Å²) in [6.45, 7) is 4.37. The highest BCUT2D eigenvalue weighted by Gasteiger charge is 2.26. The van der Waals surface area contributed by atoms with Crippen LogP contribution in [0.1, 0.15) is 32.4 Å². The zero-order valence-electron chi connectivity index (χ0n) is 13.5. The van der Waals surface area contributed by atoms with Gasteiger partial charge in [0.2, 0.25) is 5.91 Å². The van der Waals surface area contributed by atoms with Gasteiger partial charge >= 0.3 is 0 Å². The molecule has 0 aliphatic heterocycles. The van der Waals surface area contributed by atoms with Crippen LogP contribution in [-0.4, -0.2) is 23.0 Å². The van der Waals surface area contributed by atoms with Crippen LogP contribution in [0, 0.1) is 0 Å². The van der Waals surface area contributed by atoms with Gasteiger partial charge in [0, 0.05) is 23.9 Å². The van der Waals surface area contributed by atoms with Gasteiger partial charge in [0.25, 0.3) is 0 Å². The number of hydrogen-bond donors (Lipinski definition) is 2. The highest BCUT2D eigenvalue weighted by molar-refractivity contribution is 7.13. The molecule has 0 spiro atoms. The number of nitrogens with zero attached hydrogens (tertiary/aromatic N) is 1. The van der Waals surface area contributed by atoms with E-state index in [0.717, 1.165) is 29.1 Å². The number of carbonyl (C=O) groups excluding carboxylic acids is 1. The number of aromatic nitrogens is 1. The van der Waals surface area contributed by atoms with Crippen LogP contribution >= 0.6 is 23.7 Å². The Kier molecular flexibility index (Phi) is 7.68. The lowest BCUT2D eigenvalue weighted by molar-refractivity contribution is -0.126. The summed E-state index contributed by atoms with van der Waals surface area (Å²) >= 11 is 1.63. The SMILES string of the molecule is CCCC(C)(N)C(=O)NCCc1csc(-c2ccccc2)n1.Cl. The molecule has 0 saturated heterocycles. The molecule has 0 fully saturated rings. The predicted molar refractivity (Wildman–Crippen MR) is 99.0 cm³/mol. The van der Waals surface area contributed by atoms with Gasteiger partial charge in [0.05, 0.1) is 11.2 Å². The molecule has 0 bridgehead atoms. The van der Waals surface area contributed by atoms with Crippen LogP contribution in [0.25, 0.3) is 10.6 Å². The van der Waals surface area contributed by atoms with Crippen molar-refractivity contribution in [2.45, 2.75) is 38.6 Å². The van der Waals surface area contributed by atoms with Crippen LogP contribution in [0.15, 0.2) is 35.7 Å². The summed E-state index contributed by atoms with van der Waals surface area (Å²) in [5.74, 6) is -0.0899. The fourth-order valence-corrected chi connectivity index (χ4v) is 3.13. The maximum atomic E-state index is 12.0. The fraction of sp³-hybridized carbons (Fsp3) is 0.412. The Morgan fingerprint density at radius 3 is 2.70 bits per heavy atom. The number of benzene rings is 1. The Morgan fingerprint density at radius 1 is 1.35 bits per heavy atom. The molecule has 0 aliphatic carbocycles. The molecule has 1 atom stereocenters. The molecule has 3 N–H and O–H groups in total. The van der Waals surface area contributed by atoms with Crippen molar-refractivity contribution >= 4 is 29.7 Å². The number of hydrogen-bond acceptors (Lipinski definition) is 4. The topological polar surface area (TPSA) is 68.0 Å². The molecule has 0 aliphatic rings. The van der Waals surface area contributed by atoms with Gasteiger partial charge in [-0.15, -0.1) is 23.7 Å². The largest absolute Gasteiger partial charge is 0.354 e. The lowest BCUT2D eigenvalue weighted by Gasteiger charge is -2.22. The van der Waals surface area contributed by atoms with Crippen molar-refractivity contribution < 1.29 is 4.79 Å². The van der Waals surface area contributed by atoms with Crippen molar-refractivity contribution in [2.75, 3.05) is 6.54 Å². The first-order chi connectivity index (χ1) is 10.5. The van der Waals surface area contributed by atoms with Crippen LogP contribution in [0.2, 0.25) is 0 Å². The number of nitrogens with two attached hydrogens (primary N) is 1. The maximum Gasteiger partial charge on any atom is 0.239 e. The Hall–Kier alpha value is -1.43. The van der Waals surface area contributed by atoms with Gasteiger partial charge in [0.15, 0.2) is 0 Å². The summed E-state index contributed by atoms with van der Waals surface area (Å²) in [6.07, 6.45) is 2.30. The minimum atomic E-state index is -0.786. The van der Waals surface area contributed by atoms with E-state index < -0.39 is 5.54 Å². The Morgan fingerprint density at radius 2 is 2.04 bits per heavy atom. The molecular weight excluding hydrogens is 330 g/mol. The quantitative estimate of drug-likeness (QED) is 0.801. The lowest BCUT2D eigenvalue weighted by Crippen LogP contribution is -2.51. The number of halogens is 1. The second-order valence-electron chi connectivity index (χ2n) is 5.68. The Bertz CT molecular complexity index is 613. The van der Waals surface area contributed by atoms with Crippen molar-refractivity contribution in [2.24, 2.45) is 5.73 Å². The first kappa shape index (κ1) is 19.6. The molecule has 23 heavy (non-hydrogen) atoms. The van der Waals surface area contributed by atoms with Crippen molar-refractivity contribution in [3.8, 4) is 10.6 Å². The third-order valence-electron chi connectivity index (χ3n) is 3.53. The van der Waals surface area contributed by atoms with Gasteiger partial charge in [-0.1, -0.05) is 43.7 Å². The Labute approximate surface area is 147 Å². The van der Waals surface area contributed by atoms with Gasteiger partial charge in [0.1, 0.15) is 5.01 Å². The van der Waals surface area contributed by atoms with Gasteiger partial charge in [-0.05, 0) is 13.3 Å². The van der Waals surface area contributed by atoms with Gasteiger partial charge in [-0.2, -0.15) is 0 Å². The van der Waals surface area contributed by atoms with E-state index in [1.165, 1.54) is 0 Å². The van der Waals surface area contributed by atoms with Crippen molar-refractivity contribution in [1.29, 1.82) is 0 Å². The van der Waals surface area contributed by atoms with E-state index in [2.05, 4.69) is 22.4 Å². The van der Waals surface area contributed by atoms with Crippen LogP contribution in [0.5, 0.6) is 0 Å². The highest BCUT2D eigenvalue weighted by atomic mass is 35.5. The van der Waals surface area contributed by atoms with E-state index in [0.29, 0.717) is 13.0 Å². The summed E-state index contributed by atoms with van der Waals surface area (Å²) in [6, 6.07) is 10.1. The second-order valence-corrected chi connectivity index (χ2v) is 6.54. The van der Waals surface area contributed by atoms with Crippen LogP contribution in [0.4, 0.5) is 0 Å². The third kappa shape index (κ3) is 5.61. The molecule has 1 unspecified atom stereocenters. The molecule has 0 saturated carbocycles. The average molecular weight is 354 g/mol. The molecule has 4 nitrogen and oxygen atoms in total. The fourth-order valence-electron chi connectivity index (χ4n) is 2.27. The average Bonchev–Trinajstić information content (AvgIpc) is 2.97. The number of rotatable bonds is 7.